The zero-order valence-corrected chi connectivity index (χ0v) is 10.7. The van der Waals surface area contributed by atoms with E-state index < -0.39 is 0 Å². The molecule has 2 aliphatic rings. The van der Waals surface area contributed by atoms with Gasteiger partial charge in [0.15, 0.2) is 0 Å². The van der Waals surface area contributed by atoms with E-state index in [1.54, 1.807) is 5.57 Å². The minimum absolute atomic E-state index is 0.267. The predicted octanol–water partition coefficient (Wildman–Crippen LogP) is 3.02. The Kier molecular flexibility index (Phi) is 3.70. The Morgan fingerprint density at radius 1 is 1.50 bits per heavy atom. The van der Waals surface area contributed by atoms with Gasteiger partial charge < -0.3 is 10.5 Å². The van der Waals surface area contributed by atoms with Crippen LogP contribution >= 0.6 is 0 Å². The number of ether oxygens (including phenoxy) is 1. The average Bonchev–Trinajstić information content (AvgIpc) is 2.63. The second-order valence-electron chi connectivity index (χ2n) is 6.21. The molecule has 0 aromatic heterocycles. The van der Waals surface area contributed by atoms with Gasteiger partial charge in [-0.15, -0.1) is 0 Å². The molecule has 0 aromatic carbocycles. The summed E-state index contributed by atoms with van der Waals surface area (Å²) in [6, 6.07) is 0.267. The van der Waals surface area contributed by atoms with E-state index in [2.05, 4.69) is 19.9 Å². The first kappa shape index (κ1) is 12.1. The third-order valence-electron chi connectivity index (χ3n) is 3.76. The lowest BCUT2D eigenvalue weighted by molar-refractivity contribution is 0.103. The first-order chi connectivity index (χ1) is 7.55. The highest BCUT2D eigenvalue weighted by Crippen LogP contribution is 2.36. The molecule has 0 bridgehead atoms. The molecule has 0 spiro atoms. The van der Waals surface area contributed by atoms with Crippen LogP contribution in [-0.2, 0) is 4.74 Å². The van der Waals surface area contributed by atoms with Crippen molar-refractivity contribution in [1.29, 1.82) is 0 Å². The molecule has 2 nitrogen and oxygen atoms in total. The zero-order valence-electron chi connectivity index (χ0n) is 10.7. The van der Waals surface area contributed by atoms with E-state index >= 15 is 0 Å². The quantitative estimate of drug-likeness (QED) is 0.746. The molecular weight excluding hydrogens is 198 g/mol. The van der Waals surface area contributed by atoms with Crippen LogP contribution in [0.2, 0.25) is 0 Å². The van der Waals surface area contributed by atoms with Gasteiger partial charge in [-0.05, 0) is 43.9 Å². The standard InChI is InChI=1S/C14H25NO/c1-14(2)9-11(8-12(15)10-14)5-6-13-4-3-7-16-13/h8,12-13H,3-7,9-10,15H2,1-2H3. The highest BCUT2D eigenvalue weighted by molar-refractivity contribution is 5.14. The lowest BCUT2D eigenvalue weighted by Gasteiger charge is -2.33. The van der Waals surface area contributed by atoms with Crippen molar-refractivity contribution in [3.63, 3.8) is 0 Å². The zero-order chi connectivity index (χ0) is 11.6. The SMILES string of the molecule is CC1(C)CC(CCC2CCCO2)=CC(N)C1. The number of hydrogen-bond acceptors (Lipinski definition) is 2. The van der Waals surface area contributed by atoms with Crippen LogP contribution in [0.5, 0.6) is 0 Å². The van der Waals surface area contributed by atoms with E-state index in [0.29, 0.717) is 11.5 Å². The van der Waals surface area contributed by atoms with Crippen molar-refractivity contribution in [2.24, 2.45) is 11.1 Å². The molecule has 16 heavy (non-hydrogen) atoms. The Morgan fingerprint density at radius 2 is 2.31 bits per heavy atom. The summed E-state index contributed by atoms with van der Waals surface area (Å²) in [5.41, 5.74) is 8.02. The van der Waals surface area contributed by atoms with Crippen molar-refractivity contribution in [2.45, 2.75) is 64.5 Å². The molecule has 2 N–H and O–H groups in total. The summed E-state index contributed by atoms with van der Waals surface area (Å²) in [5.74, 6) is 0. The van der Waals surface area contributed by atoms with Crippen LogP contribution in [-0.4, -0.2) is 18.8 Å². The van der Waals surface area contributed by atoms with Crippen molar-refractivity contribution in [1.82, 2.24) is 0 Å². The molecule has 0 saturated carbocycles. The van der Waals surface area contributed by atoms with Gasteiger partial charge in [-0.2, -0.15) is 0 Å². The van der Waals surface area contributed by atoms with Crippen LogP contribution in [0, 0.1) is 5.41 Å². The van der Waals surface area contributed by atoms with Gasteiger partial charge in [0.25, 0.3) is 0 Å². The minimum Gasteiger partial charge on any atom is -0.378 e. The second-order valence-corrected chi connectivity index (χ2v) is 6.21. The third kappa shape index (κ3) is 3.33. The van der Waals surface area contributed by atoms with Crippen LogP contribution in [0.25, 0.3) is 0 Å². The first-order valence-electron chi connectivity index (χ1n) is 6.62. The number of hydrogen-bond donors (Lipinski definition) is 1. The Morgan fingerprint density at radius 3 is 2.94 bits per heavy atom. The Bertz CT molecular complexity index is 264. The summed E-state index contributed by atoms with van der Waals surface area (Å²) < 4.78 is 5.66. The summed E-state index contributed by atoms with van der Waals surface area (Å²) >= 11 is 0. The maximum atomic E-state index is 6.08. The van der Waals surface area contributed by atoms with Crippen molar-refractivity contribution >= 4 is 0 Å². The van der Waals surface area contributed by atoms with E-state index in [1.165, 1.54) is 32.1 Å². The monoisotopic (exact) mass is 223 g/mol. The summed E-state index contributed by atoms with van der Waals surface area (Å²) in [6.45, 7) is 5.62. The van der Waals surface area contributed by atoms with Gasteiger partial charge in [-0.25, -0.2) is 0 Å². The lowest BCUT2D eigenvalue weighted by Crippen LogP contribution is -2.31. The van der Waals surface area contributed by atoms with Crippen LogP contribution < -0.4 is 5.73 Å². The van der Waals surface area contributed by atoms with Gasteiger partial charge in [0.2, 0.25) is 0 Å². The topological polar surface area (TPSA) is 35.2 Å². The first-order valence-corrected chi connectivity index (χ1v) is 6.62. The molecule has 2 heteroatoms. The molecule has 1 saturated heterocycles. The fourth-order valence-corrected chi connectivity index (χ4v) is 3.14. The maximum absolute atomic E-state index is 6.08. The molecule has 0 aromatic rings. The summed E-state index contributed by atoms with van der Waals surface area (Å²) in [7, 11) is 0. The number of nitrogens with two attached hydrogens (primary N) is 1. The molecule has 1 fully saturated rings. The molecule has 1 heterocycles. The Labute approximate surface area is 99.2 Å². The molecule has 1 aliphatic heterocycles. The normalized spacial score (nSPS) is 33.8. The van der Waals surface area contributed by atoms with E-state index in [4.69, 9.17) is 10.5 Å². The smallest absolute Gasteiger partial charge is 0.0579 e. The molecule has 92 valence electrons. The molecule has 1 aliphatic carbocycles. The van der Waals surface area contributed by atoms with Crippen LogP contribution in [0.4, 0.5) is 0 Å². The van der Waals surface area contributed by atoms with Crippen LogP contribution in [0.1, 0.15) is 52.4 Å². The molecule has 0 radical (unpaired) electrons. The third-order valence-corrected chi connectivity index (χ3v) is 3.76. The van der Waals surface area contributed by atoms with E-state index in [9.17, 15) is 0 Å². The maximum Gasteiger partial charge on any atom is 0.0579 e. The second kappa shape index (κ2) is 4.89. The predicted molar refractivity (Wildman–Crippen MR) is 67.3 cm³/mol. The molecule has 2 rings (SSSR count). The fourth-order valence-electron chi connectivity index (χ4n) is 3.14. The lowest BCUT2D eigenvalue weighted by atomic mass is 9.74. The Hall–Kier alpha value is -0.340. The molecule has 2 unspecified atom stereocenters. The van der Waals surface area contributed by atoms with Crippen molar-refractivity contribution in [3.05, 3.63) is 11.6 Å². The van der Waals surface area contributed by atoms with Gasteiger partial charge in [0.1, 0.15) is 0 Å². The van der Waals surface area contributed by atoms with Gasteiger partial charge >= 0.3 is 0 Å². The van der Waals surface area contributed by atoms with E-state index in [1.807, 2.05) is 0 Å². The minimum atomic E-state index is 0.267. The van der Waals surface area contributed by atoms with Gasteiger partial charge in [-0.1, -0.05) is 25.5 Å². The van der Waals surface area contributed by atoms with Crippen molar-refractivity contribution in [2.75, 3.05) is 6.61 Å². The van der Waals surface area contributed by atoms with E-state index in [-0.39, 0.29) is 6.04 Å². The summed E-state index contributed by atoms with van der Waals surface area (Å²) in [4.78, 5) is 0. The molecule has 0 amide bonds. The molecule has 2 atom stereocenters. The fraction of sp³-hybridized carbons (Fsp3) is 0.857. The van der Waals surface area contributed by atoms with Crippen LogP contribution in [0.15, 0.2) is 11.6 Å². The van der Waals surface area contributed by atoms with Gasteiger partial charge in [0.05, 0.1) is 6.10 Å². The van der Waals surface area contributed by atoms with Crippen molar-refractivity contribution < 1.29 is 4.74 Å². The average molecular weight is 223 g/mol. The van der Waals surface area contributed by atoms with Gasteiger partial charge in [0, 0.05) is 12.6 Å². The highest BCUT2D eigenvalue weighted by atomic mass is 16.5. The number of rotatable bonds is 3. The number of allylic oxidation sites excluding steroid dienone is 1. The molecular formula is C14H25NO. The van der Waals surface area contributed by atoms with Gasteiger partial charge in [-0.3, -0.25) is 0 Å². The highest BCUT2D eigenvalue weighted by Gasteiger charge is 2.27. The summed E-state index contributed by atoms with van der Waals surface area (Å²) in [5, 5.41) is 0. The Balaban J connectivity index is 1.84. The largest absolute Gasteiger partial charge is 0.378 e. The summed E-state index contributed by atoms with van der Waals surface area (Å²) in [6.07, 6.45) is 10.0. The van der Waals surface area contributed by atoms with Crippen molar-refractivity contribution in [3.8, 4) is 0 Å². The van der Waals surface area contributed by atoms with Crippen LogP contribution in [0.3, 0.4) is 0 Å². The van der Waals surface area contributed by atoms with E-state index in [0.717, 1.165) is 13.0 Å².